The highest BCUT2D eigenvalue weighted by Crippen LogP contribution is 2.12. The van der Waals surface area contributed by atoms with Crippen LogP contribution in [0.1, 0.15) is 32.3 Å². The lowest BCUT2D eigenvalue weighted by atomic mass is 10.1. The third kappa shape index (κ3) is 9.04. The molecule has 1 saturated heterocycles. The number of nitrogens with one attached hydrogen (secondary N) is 2. The highest BCUT2D eigenvalue weighted by molar-refractivity contribution is 5.79. The van der Waals surface area contributed by atoms with Crippen molar-refractivity contribution < 1.29 is 9.47 Å². The lowest BCUT2D eigenvalue weighted by Crippen LogP contribution is -2.39. The van der Waals surface area contributed by atoms with Gasteiger partial charge < -0.3 is 20.1 Å². The molecule has 1 aromatic rings. The zero-order chi connectivity index (χ0) is 20.0. The molecule has 1 aromatic carbocycles. The fraction of sp³-hybridized carbons (Fsp3) is 0.682. The number of hydrogen-bond acceptors (Lipinski definition) is 4. The summed E-state index contributed by atoms with van der Waals surface area (Å²) >= 11 is 0. The molecule has 2 unspecified atom stereocenters. The van der Waals surface area contributed by atoms with Crippen LogP contribution in [0.25, 0.3) is 0 Å². The predicted molar refractivity (Wildman–Crippen MR) is 116 cm³/mol. The molecule has 0 spiro atoms. The number of likely N-dealkylation sites (N-methyl/N-ethyl adjacent to an activating group) is 1. The summed E-state index contributed by atoms with van der Waals surface area (Å²) in [6.45, 7) is 11.1. The molecule has 1 aliphatic heterocycles. The van der Waals surface area contributed by atoms with Crippen LogP contribution in [0, 0.1) is 5.92 Å². The van der Waals surface area contributed by atoms with Crippen molar-refractivity contribution in [2.24, 2.45) is 10.9 Å². The first-order chi connectivity index (χ1) is 13.7. The molecule has 1 fully saturated rings. The summed E-state index contributed by atoms with van der Waals surface area (Å²) in [4.78, 5) is 7.09. The van der Waals surface area contributed by atoms with Gasteiger partial charge in [-0.1, -0.05) is 30.3 Å². The van der Waals surface area contributed by atoms with Gasteiger partial charge in [0.2, 0.25) is 0 Å². The molecule has 28 heavy (non-hydrogen) atoms. The first-order valence-electron chi connectivity index (χ1n) is 10.6. The van der Waals surface area contributed by atoms with Crippen molar-refractivity contribution >= 4 is 5.96 Å². The minimum Gasteiger partial charge on any atom is -0.381 e. The number of benzene rings is 1. The Labute approximate surface area is 170 Å². The van der Waals surface area contributed by atoms with E-state index in [0.717, 1.165) is 71.4 Å². The molecule has 158 valence electrons. The molecule has 2 atom stereocenters. The summed E-state index contributed by atoms with van der Waals surface area (Å²) < 4.78 is 11.1. The molecule has 1 aliphatic rings. The van der Waals surface area contributed by atoms with E-state index in [0.29, 0.717) is 12.0 Å². The van der Waals surface area contributed by atoms with Gasteiger partial charge in [-0.05, 0) is 39.3 Å². The summed E-state index contributed by atoms with van der Waals surface area (Å²) in [7, 11) is 2.15. The van der Waals surface area contributed by atoms with Gasteiger partial charge in [0.25, 0.3) is 0 Å². The SMILES string of the molecule is CCNC(=NCC(C)N(C)Cc1ccccc1)NCCCOCC1CCOC1. The number of rotatable bonds is 12. The third-order valence-corrected chi connectivity index (χ3v) is 5.02. The lowest BCUT2D eigenvalue weighted by Gasteiger charge is -2.24. The first-order valence-corrected chi connectivity index (χ1v) is 10.6. The largest absolute Gasteiger partial charge is 0.381 e. The van der Waals surface area contributed by atoms with E-state index in [1.807, 2.05) is 0 Å². The van der Waals surface area contributed by atoms with Crippen molar-refractivity contribution in [1.29, 1.82) is 0 Å². The van der Waals surface area contributed by atoms with Crippen molar-refractivity contribution in [3.8, 4) is 0 Å². The quantitative estimate of drug-likeness (QED) is 0.326. The standard InChI is InChI=1S/C22H38N4O2/c1-4-23-22(24-12-8-13-27-17-21-11-14-28-18-21)25-15-19(2)26(3)16-20-9-6-5-7-10-20/h5-7,9-10,19,21H,4,8,11-18H2,1-3H3,(H2,23,24,25). The Bertz CT molecular complexity index is 547. The smallest absolute Gasteiger partial charge is 0.191 e. The second-order valence-electron chi connectivity index (χ2n) is 7.55. The summed E-state index contributed by atoms with van der Waals surface area (Å²) in [6.07, 6.45) is 2.10. The van der Waals surface area contributed by atoms with Gasteiger partial charge in [0.1, 0.15) is 0 Å². The maximum absolute atomic E-state index is 5.76. The summed E-state index contributed by atoms with van der Waals surface area (Å²) in [6, 6.07) is 10.9. The molecule has 0 bridgehead atoms. The molecule has 0 radical (unpaired) electrons. The van der Waals surface area contributed by atoms with Crippen molar-refractivity contribution in [3.05, 3.63) is 35.9 Å². The van der Waals surface area contributed by atoms with E-state index >= 15 is 0 Å². The van der Waals surface area contributed by atoms with Gasteiger partial charge in [-0.2, -0.15) is 0 Å². The number of aliphatic imine (C=N–C) groups is 1. The van der Waals surface area contributed by atoms with Gasteiger partial charge in [0, 0.05) is 44.8 Å². The van der Waals surface area contributed by atoms with Crippen molar-refractivity contribution in [3.63, 3.8) is 0 Å². The maximum atomic E-state index is 5.76. The van der Waals surface area contributed by atoms with Crippen molar-refractivity contribution in [1.82, 2.24) is 15.5 Å². The zero-order valence-corrected chi connectivity index (χ0v) is 17.8. The van der Waals surface area contributed by atoms with Gasteiger partial charge in [-0.25, -0.2) is 0 Å². The first kappa shape index (κ1) is 22.7. The van der Waals surface area contributed by atoms with Crippen LogP contribution < -0.4 is 10.6 Å². The van der Waals surface area contributed by atoms with E-state index in [9.17, 15) is 0 Å². The Kier molecular flexibility index (Phi) is 10.9. The number of hydrogen-bond donors (Lipinski definition) is 2. The lowest BCUT2D eigenvalue weighted by molar-refractivity contribution is 0.0888. The van der Waals surface area contributed by atoms with E-state index in [-0.39, 0.29) is 0 Å². The molecule has 1 heterocycles. The van der Waals surface area contributed by atoms with Gasteiger partial charge in [0.15, 0.2) is 5.96 Å². The molecular formula is C22H38N4O2. The van der Waals surface area contributed by atoms with Gasteiger partial charge in [-0.3, -0.25) is 9.89 Å². The molecule has 0 saturated carbocycles. The van der Waals surface area contributed by atoms with Gasteiger partial charge >= 0.3 is 0 Å². The topological polar surface area (TPSA) is 58.1 Å². The second kappa shape index (κ2) is 13.5. The van der Waals surface area contributed by atoms with Crippen LogP contribution in [0.4, 0.5) is 0 Å². The van der Waals surface area contributed by atoms with Crippen LogP contribution in [-0.4, -0.2) is 70.0 Å². The monoisotopic (exact) mass is 390 g/mol. The second-order valence-corrected chi connectivity index (χ2v) is 7.55. The Hall–Kier alpha value is -1.63. The molecule has 6 heteroatoms. The number of guanidine groups is 1. The normalized spacial score (nSPS) is 18.4. The van der Waals surface area contributed by atoms with Crippen LogP contribution in [-0.2, 0) is 16.0 Å². The maximum Gasteiger partial charge on any atom is 0.191 e. The fourth-order valence-corrected chi connectivity index (χ4v) is 3.08. The molecule has 6 nitrogen and oxygen atoms in total. The Morgan fingerprint density at radius 1 is 1.32 bits per heavy atom. The molecule has 0 aromatic heterocycles. The Morgan fingerprint density at radius 3 is 2.86 bits per heavy atom. The van der Waals surface area contributed by atoms with E-state index in [2.05, 4.69) is 66.8 Å². The van der Waals surface area contributed by atoms with E-state index in [1.165, 1.54) is 5.56 Å². The average molecular weight is 391 g/mol. The van der Waals surface area contributed by atoms with E-state index < -0.39 is 0 Å². The molecule has 0 aliphatic carbocycles. The predicted octanol–water partition coefficient (Wildman–Crippen LogP) is 2.51. The summed E-state index contributed by atoms with van der Waals surface area (Å²) in [5.74, 6) is 1.47. The van der Waals surface area contributed by atoms with Gasteiger partial charge in [-0.15, -0.1) is 0 Å². The van der Waals surface area contributed by atoms with Gasteiger partial charge in [0.05, 0.1) is 19.8 Å². The number of nitrogens with zero attached hydrogens (tertiary/aromatic N) is 2. The molecule has 0 amide bonds. The zero-order valence-electron chi connectivity index (χ0n) is 17.8. The highest BCUT2D eigenvalue weighted by Gasteiger charge is 2.15. The Morgan fingerprint density at radius 2 is 2.14 bits per heavy atom. The minimum absolute atomic E-state index is 0.368. The van der Waals surface area contributed by atoms with Crippen molar-refractivity contribution in [2.45, 2.75) is 39.3 Å². The fourth-order valence-electron chi connectivity index (χ4n) is 3.08. The van der Waals surface area contributed by atoms with Crippen LogP contribution in [0.2, 0.25) is 0 Å². The molecular weight excluding hydrogens is 352 g/mol. The van der Waals surface area contributed by atoms with E-state index in [1.54, 1.807) is 0 Å². The Balaban J connectivity index is 1.64. The highest BCUT2D eigenvalue weighted by atomic mass is 16.5. The molecule has 2 N–H and O–H groups in total. The van der Waals surface area contributed by atoms with Crippen LogP contribution in [0.15, 0.2) is 35.3 Å². The van der Waals surface area contributed by atoms with Crippen LogP contribution in [0.3, 0.4) is 0 Å². The summed E-state index contributed by atoms with van der Waals surface area (Å²) in [5.41, 5.74) is 1.33. The van der Waals surface area contributed by atoms with Crippen LogP contribution in [0.5, 0.6) is 0 Å². The third-order valence-electron chi connectivity index (χ3n) is 5.02. The minimum atomic E-state index is 0.368. The summed E-state index contributed by atoms with van der Waals surface area (Å²) in [5, 5.41) is 6.73. The van der Waals surface area contributed by atoms with Crippen LogP contribution >= 0.6 is 0 Å². The van der Waals surface area contributed by atoms with E-state index in [4.69, 9.17) is 14.5 Å². The average Bonchev–Trinajstić information content (AvgIpc) is 3.22. The number of ether oxygens (including phenoxy) is 2. The molecule has 2 rings (SSSR count). The van der Waals surface area contributed by atoms with Crippen molar-refractivity contribution in [2.75, 3.05) is 53.1 Å².